The number of carbonyl (C=O) groups excluding carboxylic acids is 1. The van der Waals surface area contributed by atoms with Crippen LogP contribution in [-0.2, 0) is 9.53 Å². The van der Waals surface area contributed by atoms with E-state index >= 15 is 0 Å². The second-order valence-electron chi connectivity index (χ2n) is 7.34. The van der Waals surface area contributed by atoms with Crippen LogP contribution in [0.1, 0.15) is 20.3 Å². The van der Waals surface area contributed by atoms with E-state index in [1.807, 2.05) is 43.0 Å². The van der Waals surface area contributed by atoms with Crippen molar-refractivity contribution in [3.05, 3.63) is 24.3 Å². The molecule has 2 saturated heterocycles. The summed E-state index contributed by atoms with van der Waals surface area (Å²) in [7, 11) is 0. The number of nitrogens with zero attached hydrogens (tertiary/aromatic N) is 1. The van der Waals surface area contributed by atoms with Gasteiger partial charge >= 0.3 is 0 Å². The van der Waals surface area contributed by atoms with Gasteiger partial charge in [0.1, 0.15) is 11.5 Å². The van der Waals surface area contributed by atoms with Gasteiger partial charge in [-0.25, -0.2) is 0 Å². The number of ether oxygens (including phenoxy) is 2. The van der Waals surface area contributed by atoms with Crippen LogP contribution in [0.5, 0.6) is 5.75 Å². The predicted molar refractivity (Wildman–Crippen MR) is 83.0 cm³/mol. The Morgan fingerprint density at radius 1 is 1.35 bits per heavy atom. The van der Waals surface area contributed by atoms with E-state index in [1.165, 1.54) is 0 Å². The Morgan fingerprint density at radius 3 is 2.78 bits per heavy atom. The molecule has 0 radical (unpaired) electrons. The summed E-state index contributed by atoms with van der Waals surface area (Å²) in [6, 6.07) is 7.64. The average Bonchev–Trinajstić information content (AvgIpc) is 3.18. The molecule has 2 bridgehead atoms. The van der Waals surface area contributed by atoms with E-state index in [-0.39, 0.29) is 29.8 Å². The fraction of sp³-hybridized carbons (Fsp3) is 0.611. The summed E-state index contributed by atoms with van der Waals surface area (Å²) in [4.78, 5) is 14.9. The molecule has 1 N–H and O–H groups in total. The van der Waals surface area contributed by atoms with E-state index in [1.54, 1.807) is 0 Å². The monoisotopic (exact) mass is 315 g/mol. The Bertz CT molecular complexity index is 674. The predicted octanol–water partition coefficient (Wildman–Crippen LogP) is 1.79. The summed E-state index contributed by atoms with van der Waals surface area (Å²) in [6.07, 6.45) is 0.346. The molecule has 23 heavy (non-hydrogen) atoms. The molecular weight excluding hydrogens is 294 g/mol. The van der Waals surface area contributed by atoms with Crippen molar-refractivity contribution in [2.24, 2.45) is 23.7 Å². The van der Waals surface area contributed by atoms with Gasteiger partial charge in [0.15, 0.2) is 0 Å². The largest absolute Gasteiger partial charge is 0.494 e. The normalized spacial score (nSPS) is 46.0. The summed E-state index contributed by atoms with van der Waals surface area (Å²) in [5.41, 5.74) is 0.223. The summed E-state index contributed by atoms with van der Waals surface area (Å²) in [5, 5.41) is 10.4. The molecule has 5 heteroatoms. The average molecular weight is 315 g/mol. The quantitative estimate of drug-likeness (QED) is 0.924. The Hall–Kier alpha value is -1.59. The molecular formula is C18H21NO4. The van der Waals surface area contributed by atoms with E-state index in [0.29, 0.717) is 12.5 Å². The van der Waals surface area contributed by atoms with Crippen molar-refractivity contribution in [3.8, 4) is 5.75 Å². The SMILES string of the molecule is CCOc1ccc(N2C(=O)C3C4CC5C(OC2(C)C53)C4O)cc1. The second kappa shape index (κ2) is 4.28. The number of carbonyl (C=O) groups is 1. The lowest BCUT2D eigenvalue weighted by molar-refractivity contribution is -0.131. The molecule has 7 unspecified atom stereocenters. The zero-order valence-corrected chi connectivity index (χ0v) is 13.3. The number of aliphatic hydroxyl groups is 1. The van der Waals surface area contributed by atoms with Crippen molar-refractivity contribution in [1.82, 2.24) is 0 Å². The molecule has 0 spiro atoms. The van der Waals surface area contributed by atoms with Crippen molar-refractivity contribution in [1.29, 1.82) is 0 Å². The van der Waals surface area contributed by atoms with Gasteiger partial charge in [0.25, 0.3) is 0 Å². The Kier molecular flexibility index (Phi) is 2.57. The second-order valence-corrected chi connectivity index (χ2v) is 7.34. The van der Waals surface area contributed by atoms with E-state index in [9.17, 15) is 9.90 Å². The van der Waals surface area contributed by atoms with Crippen LogP contribution in [0.25, 0.3) is 0 Å². The first-order valence-electron chi connectivity index (χ1n) is 8.49. The number of rotatable bonds is 3. The van der Waals surface area contributed by atoms with E-state index < -0.39 is 11.8 Å². The van der Waals surface area contributed by atoms with Crippen LogP contribution >= 0.6 is 0 Å². The van der Waals surface area contributed by atoms with Crippen LogP contribution < -0.4 is 9.64 Å². The molecule has 4 aliphatic rings. The van der Waals surface area contributed by atoms with E-state index in [2.05, 4.69) is 0 Å². The molecule has 2 saturated carbocycles. The number of aliphatic hydroxyl groups excluding tert-OH is 1. The van der Waals surface area contributed by atoms with Gasteiger partial charge in [-0.3, -0.25) is 9.69 Å². The minimum atomic E-state index is -0.629. The molecule has 5 rings (SSSR count). The third-order valence-electron chi connectivity index (χ3n) is 6.40. The molecule has 5 nitrogen and oxygen atoms in total. The van der Waals surface area contributed by atoms with Gasteiger partial charge in [0, 0.05) is 11.6 Å². The zero-order chi connectivity index (χ0) is 15.9. The third-order valence-corrected chi connectivity index (χ3v) is 6.40. The summed E-state index contributed by atoms with van der Waals surface area (Å²) < 4.78 is 11.8. The van der Waals surface area contributed by atoms with Gasteiger partial charge in [0.2, 0.25) is 5.91 Å². The van der Waals surface area contributed by atoms with E-state index in [0.717, 1.165) is 17.9 Å². The zero-order valence-electron chi connectivity index (χ0n) is 13.3. The maximum Gasteiger partial charge on any atom is 0.233 e. The minimum Gasteiger partial charge on any atom is -0.494 e. The lowest BCUT2D eigenvalue weighted by Gasteiger charge is -2.36. The van der Waals surface area contributed by atoms with Gasteiger partial charge in [-0.2, -0.15) is 0 Å². The summed E-state index contributed by atoms with van der Waals surface area (Å²) in [5.74, 6) is 1.41. The maximum absolute atomic E-state index is 13.1. The topological polar surface area (TPSA) is 59.0 Å². The molecule has 1 aromatic rings. The number of amides is 1. The lowest BCUT2D eigenvalue weighted by atomic mass is 9.77. The fourth-order valence-corrected chi connectivity index (χ4v) is 5.72. The summed E-state index contributed by atoms with van der Waals surface area (Å²) >= 11 is 0. The van der Waals surface area contributed by atoms with Crippen molar-refractivity contribution in [3.63, 3.8) is 0 Å². The first-order chi connectivity index (χ1) is 11.1. The highest BCUT2D eigenvalue weighted by Gasteiger charge is 2.77. The number of hydrogen-bond acceptors (Lipinski definition) is 4. The molecule has 2 aliphatic heterocycles. The van der Waals surface area contributed by atoms with Crippen LogP contribution in [0.15, 0.2) is 24.3 Å². The lowest BCUT2D eigenvalue weighted by Crippen LogP contribution is -2.49. The Morgan fingerprint density at radius 2 is 2.09 bits per heavy atom. The van der Waals surface area contributed by atoms with Gasteiger partial charge in [-0.05, 0) is 56.4 Å². The number of anilines is 1. The van der Waals surface area contributed by atoms with Gasteiger partial charge in [0.05, 0.1) is 24.7 Å². The van der Waals surface area contributed by atoms with Gasteiger partial charge in [-0.1, -0.05) is 0 Å². The fourth-order valence-electron chi connectivity index (χ4n) is 5.72. The molecule has 1 amide bonds. The number of hydrogen-bond donors (Lipinski definition) is 1. The first-order valence-corrected chi connectivity index (χ1v) is 8.49. The van der Waals surface area contributed by atoms with Gasteiger partial charge < -0.3 is 14.6 Å². The highest BCUT2D eigenvalue weighted by molar-refractivity contribution is 6.00. The van der Waals surface area contributed by atoms with Crippen molar-refractivity contribution >= 4 is 11.6 Å². The molecule has 2 heterocycles. The standard InChI is InChI=1S/C18H21NO4/c1-3-22-10-6-4-9(5-7-10)19-17(21)13-11-8-12-14(13)18(19,2)23-16(12)15(11)20/h4-7,11-16,20H,3,8H2,1-2H3. The van der Waals surface area contributed by atoms with Crippen LogP contribution in [0.3, 0.4) is 0 Å². The highest BCUT2D eigenvalue weighted by Crippen LogP contribution is 2.67. The summed E-state index contributed by atoms with van der Waals surface area (Å²) in [6.45, 7) is 4.58. The van der Waals surface area contributed by atoms with Crippen molar-refractivity contribution in [2.45, 2.75) is 38.2 Å². The minimum absolute atomic E-state index is 0.0667. The van der Waals surface area contributed by atoms with Crippen LogP contribution in [0.4, 0.5) is 5.69 Å². The number of fused-ring (bicyclic) bond motifs is 2. The highest BCUT2D eigenvalue weighted by atomic mass is 16.6. The van der Waals surface area contributed by atoms with Gasteiger partial charge in [-0.15, -0.1) is 0 Å². The van der Waals surface area contributed by atoms with Crippen molar-refractivity contribution in [2.75, 3.05) is 11.5 Å². The van der Waals surface area contributed by atoms with Crippen LogP contribution in [0.2, 0.25) is 0 Å². The Labute approximate surface area is 135 Å². The molecule has 0 aromatic heterocycles. The molecule has 4 fully saturated rings. The van der Waals surface area contributed by atoms with Crippen LogP contribution in [-0.4, -0.2) is 35.6 Å². The molecule has 7 atom stereocenters. The molecule has 2 aliphatic carbocycles. The number of benzene rings is 1. The van der Waals surface area contributed by atoms with Crippen LogP contribution in [0, 0.1) is 23.7 Å². The molecule has 122 valence electrons. The first kappa shape index (κ1) is 13.8. The third kappa shape index (κ3) is 1.48. The molecule has 1 aromatic carbocycles. The van der Waals surface area contributed by atoms with Crippen molar-refractivity contribution < 1.29 is 19.4 Å². The maximum atomic E-state index is 13.1. The van der Waals surface area contributed by atoms with E-state index in [4.69, 9.17) is 9.47 Å². The smallest absolute Gasteiger partial charge is 0.233 e. The Balaban J connectivity index is 1.55.